The van der Waals surface area contributed by atoms with Crippen LogP contribution < -0.4 is 9.47 Å². The van der Waals surface area contributed by atoms with E-state index in [4.69, 9.17) is 9.47 Å². The van der Waals surface area contributed by atoms with Crippen molar-refractivity contribution in [3.05, 3.63) is 85.0 Å². The second kappa shape index (κ2) is 14.8. The molecule has 0 amide bonds. The number of aryl methyl sites for hydroxylation is 2. The van der Waals surface area contributed by atoms with Crippen LogP contribution >= 0.6 is 0 Å². The Morgan fingerprint density at radius 3 is 1.18 bits per heavy atom. The van der Waals surface area contributed by atoms with Crippen LogP contribution in [0.4, 0.5) is 0 Å². The van der Waals surface area contributed by atoms with E-state index < -0.39 is 0 Å². The first kappa shape index (κ1) is 27.2. The number of nitrogens with zero attached hydrogens (tertiary/aromatic N) is 4. The van der Waals surface area contributed by atoms with E-state index >= 15 is 0 Å². The van der Waals surface area contributed by atoms with Crippen LogP contribution in [0.2, 0.25) is 0 Å². The van der Waals surface area contributed by atoms with E-state index in [0.717, 1.165) is 71.5 Å². The smallest absolute Gasteiger partial charge is 0.128 e. The third-order valence-electron chi connectivity index (χ3n) is 6.39. The summed E-state index contributed by atoms with van der Waals surface area (Å²) in [5.74, 6) is 3.37. The molecule has 6 heteroatoms. The molecule has 0 spiro atoms. The van der Waals surface area contributed by atoms with E-state index in [9.17, 15) is 0 Å². The fourth-order valence-corrected chi connectivity index (χ4v) is 4.06. The summed E-state index contributed by atoms with van der Waals surface area (Å²) in [5.41, 5.74) is 4.13. The van der Waals surface area contributed by atoms with Crippen molar-refractivity contribution in [2.24, 2.45) is 0 Å². The molecular weight excluding hydrogens is 472 g/mol. The molecule has 2 aromatic carbocycles. The van der Waals surface area contributed by atoms with E-state index in [2.05, 4.69) is 58.0 Å². The van der Waals surface area contributed by atoms with Gasteiger partial charge in [0.05, 0.1) is 13.2 Å². The molecule has 4 rings (SSSR count). The first-order chi connectivity index (χ1) is 18.7. The Balaban J connectivity index is 1.25. The van der Waals surface area contributed by atoms with Crippen LogP contribution in [0.25, 0.3) is 22.3 Å². The number of hydrogen-bond acceptors (Lipinski definition) is 6. The molecule has 0 saturated heterocycles. The quantitative estimate of drug-likeness (QED) is 0.154. The Morgan fingerprint density at radius 1 is 0.474 bits per heavy atom. The average Bonchev–Trinajstić information content (AvgIpc) is 2.98. The number of rotatable bonds is 15. The normalized spacial score (nSPS) is 10.9. The minimum atomic E-state index is 0.689. The van der Waals surface area contributed by atoms with Gasteiger partial charge in [-0.05, 0) is 48.2 Å². The molecule has 0 aliphatic heterocycles. The van der Waals surface area contributed by atoms with Gasteiger partial charge >= 0.3 is 0 Å². The Bertz CT molecular complexity index is 1110. The van der Waals surface area contributed by atoms with Crippen molar-refractivity contribution in [2.45, 2.75) is 65.2 Å². The van der Waals surface area contributed by atoms with Crippen LogP contribution in [0.15, 0.2) is 73.3 Å². The maximum atomic E-state index is 5.80. The van der Waals surface area contributed by atoms with Gasteiger partial charge in [-0.2, -0.15) is 0 Å². The summed E-state index contributed by atoms with van der Waals surface area (Å²) in [6.07, 6.45) is 15.8. The molecule has 0 saturated carbocycles. The molecule has 0 aliphatic carbocycles. The molecule has 4 aromatic rings. The monoisotopic (exact) mass is 510 g/mol. The Hall–Kier alpha value is -3.80. The number of benzene rings is 2. The highest BCUT2D eigenvalue weighted by Crippen LogP contribution is 2.23. The van der Waals surface area contributed by atoms with Crippen LogP contribution in [-0.4, -0.2) is 33.1 Å². The third kappa shape index (κ3) is 8.37. The van der Waals surface area contributed by atoms with Crippen molar-refractivity contribution in [3.8, 4) is 33.8 Å². The van der Waals surface area contributed by atoms with Crippen LogP contribution in [-0.2, 0) is 12.8 Å². The molecule has 0 radical (unpaired) electrons. The van der Waals surface area contributed by atoms with Gasteiger partial charge in [-0.1, -0.05) is 63.8 Å². The van der Waals surface area contributed by atoms with Crippen molar-refractivity contribution in [2.75, 3.05) is 13.2 Å². The minimum Gasteiger partial charge on any atom is -0.494 e. The lowest BCUT2D eigenvalue weighted by Crippen LogP contribution is -2.02. The number of hydrogen-bond donors (Lipinski definition) is 0. The van der Waals surface area contributed by atoms with E-state index in [1.54, 1.807) is 0 Å². The molecule has 2 heterocycles. The molecule has 0 atom stereocenters. The van der Waals surface area contributed by atoms with Gasteiger partial charge in [0.1, 0.15) is 23.1 Å². The second-order valence-electron chi connectivity index (χ2n) is 9.44. The zero-order valence-corrected chi connectivity index (χ0v) is 22.6. The van der Waals surface area contributed by atoms with Gasteiger partial charge < -0.3 is 9.47 Å². The zero-order chi connectivity index (χ0) is 26.4. The standard InChI is InChI=1S/C32H38N4O2/c1-3-5-7-19-37-29-13-9-25(10-14-29)27-21-33-31(34-22-27)17-18-32-35-23-28(24-36-32)26-11-15-30(16-12-26)38-20-8-6-4-2/h9-16,21-24H,3-8,17-20H2,1-2H3. The lowest BCUT2D eigenvalue weighted by atomic mass is 10.1. The predicted molar refractivity (Wildman–Crippen MR) is 152 cm³/mol. The molecule has 6 nitrogen and oxygen atoms in total. The summed E-state index contributed by atoms with van der Waals surface area (Å²) in [5, 5.41) is 0. The molecule has 0 unspecified atom stereocenters. The largest absolute Gasteiger partial charge is 0.494 e. The van der Waals surface area contributed by atoms with E-state index in [0.29, 0.717) is 12.8 Å². The summed E-state index contributed by atoms with van der Waals surface area (Å²) in [7, 11) is 0. The van der Waals surface area contributed by atoms with Crippen molar-refractivity contribution in [3.63, 3.8) is 0 Å². The molecule has 38 heavy (non-hydrogen) atoms. The Labute approximate surface area is 226 Å². The summed E-state index contributed by atoms with van der Waals surface area (Å²) in [4.78, 5) is 18.2. The predicted octanol–water partition coefficient (Wildman–Crippen LogP) is 7.52. The second-order valence-corrected chi connectivity index (χ2v) is 9.44. The maximum Gasteiger partial charge on any atom is 0.128 e. The van der Waals surface area contributed by atoms with Gasteiger partial charge in [0.2, 0.25) is 0 Å². The summed E-state index contributed by atoms with van der Waals surface area (Å²) in [6.45, 7) is 5.92. The zero-order valence-electron chi connectivity index (χ0n) is 22.6. The lowest BCUT2D eigenvalue weighted by molar-refractivity contribution is 0.306. The van der Waals surface area contributed by atoms with E-state index in [-0.39, 0.29) is 0 Å². The molecule has 0 bridgehead atoms. The fraction of sp³-hybridized carbons (Fsp3) is 0.375. The van der Waals surface area contributed by atoms with Gasteiger partial charge in [-0.3, -0.25) is 0 Å². The Morgan fingerprint density at radius 2 is 0.842 bits per heavy atom. The topological polar surface area (TPSA) is 70.0 Å². The highest BCUT2D eigenvalue weighted by atomic mass is 16.5. The Kier molecular flexibility index (Phi) is 10.6. The molecule has 0 N–H and O–H groups in total. The van der Waals surface area contributed by atoms with E-state index in [1.807, 2.05) is 49.1 Å². The summed E-state index contributed by atoms with van der Waals surface area (Å²) in [6, 6.07) is 16.2. The molecule has 2 aromatic heterocycles. The van der Waals surface area contributed by atoms with Gasteiger partial charge in [-0.15, -0.1) is 0 Å². The van der Waals surface area contributed by atoms with Crippen LogP contribution in [0.3, 0.4) is 0 Å². The van der Waals surface area contributed by atoms with Gasteiger partial charge in [0, 0.05) is 48.8 Å². The maximum absolute atomic E-state index is 5.80. The highest BCUT2D eigenvalue weighted by molar-refractivity contribution is 5.63. The molecule has 0 fully saturated rings. The molecule has 198 valence electrons. The summed E-state index contributed by atoms with van der Waals surface area (Å²) < 4.78 is 11.6. The van der Waals surface area contributed by atoms with Crippen LogP contribution in [0.1, 0.15) is 64.0 Å². The summed E-state index contributed by atoms with van der Waals surface area (Å²) >= 11 is 0. The first-order valence-corrected chi connectivity index (χ1v) is 13.8. The van der Waals surface area contributed by atoms with E-state index in [1.165, 1.54) is 25.7 Å². The number of ether oxygens (including phenoxy) is 2. The van der Waals surface area contributed by atoms with Crippen LogP contribution in [0.5, 0.6) is 11.5 Å². The molecule has 0 aliphatic rings. The van der Waals surface area contributed by atoms with Gasteiger partial charge in [0.25, 0.3) is 0 Å². The van der Waals surface area contributed by atoms with Crippen LogP contribution in [0, 0.1) is 0 Å². The fourth-order valence-electron chi connectivity index (χ4n) is 4.06. The SMILES string of the molecule is CCCCCOc1ccc(-c2cnc(CCc3ncc(-c4ccc(OCCCCC)cc4)cn3)nc2)cc1. The van der Waals surface area contributed by atoms with Gasteiger partial charge in [-0.25, -0.2) is 19.9 Å². The lowest BCUT2D eigenvalue weighted by Gasteiger charge is -2.08. The van der Waals surface area contributed by atoms with Crippen molar-refractivity contribution in [1.29, 1.82) is 0 Å². The first-order valence-electron chi connectivity index (χ1n) is 13.8. The highest BCUT2D eigenvalue weighted by Gasteiger charge is 2.06. The number of aromatic nitrogens is 4. The third-order valence-corrected chi connectivity index (χ3v) is 6.39. The van der Waals surface area contributed by atoms with Gasteiger partial charge in [0.15, 0.2) is 0 Å². The van der Waals surface area contributed by atoms with Crippen molar-refractivity contribution < 1.29 is 9.47 Å². The van der Waals surface area contributed by atoms with Crippen molar-refractivity contribution in [1.82, 2.24) is 19.9 Å². The minimum absolute atomic E-state index is 0.689. The van der Waals surface area contributed by atoms with Crippen molar-refractivity contribution >= 4 is 0 Å². The number of unbranched alkanes of at least 4 members (excludes halogenated alkanes) is 4. The molecular formula is C32H38N4O2. The average molecular weight is 511 g/mol.